The zero-order valence-electron chi connectivity index (χ0n) is 13.4. The van der Waals surface area contributed by atoms with Crippen LogP contribution in [0.3, 0.4) is 0 Å². The molecule has 1 fully saturated rings. The molecule has 3 rings (SSSR count). The minimum Gasteiger partial charge on any atom is -0.487 e. The Kier molecular flexibility index (Phi) is 5.87. The number of halogens is 3. The highest BCUT2D eigenvalue weighted by atomic mass is 32.1. The number of nitrogens with zero attached hydrogens (tertiary/aromatic N) is 3. The largest absolute Gasteiger partial charge is 0.487 e. The maximum Gasteiger partial charge on any atom is 0.281 e. The van der Waals surface area contributed by atoms with Gasteiger partial charge in [0.2, 0.25) is 0 Å². The topological polar surface area (TPSA) is 64.3 Å². The van der Waals surface area contributed by atoms with E-state index in [4.69, 9.17) is 10.5 Å². The summed E-state index contributed by atoms with van der Waals surface area (Å²) in [6.07, 6.45) is 1.20. The Morgan fingerprint density at radius 2 is 2.12 bits per heavy atom. The molecule has 136 valence electrons. The van der Waals surface area contributed by atoms with Crippen molar-refractivity contribution in [2.75, 3.05) is 19.6 Å². The lowest BCUT2D eigenvalue weighted by Crippen LogP contribution is -2.42. The number of thiazole rings is 1. The summed E-state index contributed by atoms with van der Waals surface area (Å²) in [5.41, 5.74) is 7.10. The normalized spacial score (nSPS) is 17.8. The van der Waals surface area contributed by atoms with Gasteiger partial charge < -0.3 is 10.5 Å². The van der Waals surface area contributed by atoms with Gasteiger partial charge in [0.05, 0.1) is 22.6 Å². The van der Waals surface area contributed by atoms with Crippen LogP contribution >= 0.6 is 11.3 Å². The first-order chi connectivity index (χ1) is 12.1. The number of hydrogen-bond donors (Lipinski definition) is 1. The minimum absolute atomic E-state index is 0.123. The Hall–Kier alpha value is -1.71. The molecule has 1 atom stereocenters. The average Bonchev–Trinajstić information content (AvgIpc) is 3.09. The predicted molar refractivity (Wildman–Crippen MR) is 88.3 cm³/mol. The number of pyridine rings is 1. The van der Waals surface area contributed by atoms with E-state index in [1.54, 1.807) is 0 Å². The van der Waals surface area contributed by atoms with Gasteiger partial charge in [-0.3, -0.25) is 9.88 Å². The summed E-state index contributed by atoms with van der Waals surface area (Å²) in [7, 11) is 0. The van der Waals surface area contributed by atoms with Gasteiger partial charge in [0.1, 0.15) is 11.8 Å². The molecule has 0 radical (unpaired) electrons. The molecule has 2 N–H and O–H groups in total. The zero-order chi connectivity index (χ0) is 17.8. The van der Waals surface area contributed by atoms with E-state index < -0.39 is 12.2 Å². The highest BCUT2D eigenvalue weighted by molar-refractivity contribution is 7.09. The van der Waals surface area contributed by atoms with Crippen molar-refractivity contribution >= 4 is 11.3 Å². The third-order valence-electron chi connectivity index (χ3n) is 4.30. The number of piperidine rings is 1. The highest BCUT2D eigenvalue weighted by Gasteiger charge is 2.31. The van der Waals surface area contributed by atoms with Gasteiger partial charge in [0.25, 0.3) is 6.43 Å². The summed E-state index contributed by atoms with van der Waals surface area (Å²) in [5, 5.41) is 0. The molecule has 0 bridgehead atoms. The second-order valence-corrected chi connectivity index (χ2v) is 6.70. The number of likely N-dealkylation sites (tertiary alicyclic amines) is 1. The molecule has 0 aromatic carbocycles. The highest BCUT2D eigenvalue weighted by Crippen LogP contribution is 2.34. The smallest absolute Gasteiger partial charge is 0.281 e. The molecule has 0 saturated carbocycles. The van der Waals surface area contributed by atoms with Crippen LogP contribution in [0.5, 0.6) is 5.75 Å². The molecule has 3 heterocycles. The molecule has 0 aliphatic carbocycles. The zero-order valence-corrected chi connectivity index (χ0v) is 14.3. The molecule has 0 spiro atoms. The Balaban J connectivity index is 1.62. The molecule has 2 aromatic heterocycles. The Morgan fingerprint density at radius 1 is 1.36 bits per heavy atom. The lowest BCUT2D eigenvalue weighted by Gasteiger charge is -2.36. The minimum atomic E-state index is -2.61. The fraction of sp³-hybridized carbons (Fsp3) is 0.500. The first-order valence-electron chi connectivity index (χ1n) is 8.01. The lowest BCUT2D eigenvalue weighted by molar-refractivity contribution is 0.0732. The molecular weight excluding hydrogens is 353 g/mol. The number of alkyl halides is 2. The SMILES string of the molecule is NCC(c1scnc1C(F)F)N1CCC(Oc2ccncc2F)CC1. The summed E-state index contributed by atoms with van der Waals surface area (Å²) in [5.74, 6) is -0.303. The van der Waals surface area contributed by atoms with Crippen LogP contribution in [-0.4, -0.2) is 40.6 Å². The van der Waals surface area contributed by atoms with E-state index in [-0.39, 0.29) is 30.1 Å². The van der Waals surface area contributed by atoms with Crippen LogP contribution in [0.15, 0.2) is 24.0 Å². The number of ether oxygens (including phenoxy) is 1. The number of nitrogens with two attached hydrogens (primary N) is 1. The van der Waals surface area contributed by atoms with Crippen molar-refractivity contribution in [1.29, 1.82) is 0 Å². The first kappa shape index (κ1) is 18.1. The van der Waals surface area contributed by atoms with Gasteiger partial charge in [-0.05, 0) is 12.8 Å². The van der Waals surface area contributed by atoms with Gasteiger partial charge in [-0.1, -0.05) is 0 Å². The monoisotopic (exact) mass is 372 g/mol. The Bertz CT molecular complexity index is 692. The van der Waals surface area contributed by atoms with Gasteiger partial charge in [0, 0.05) is 31.9 Å². The van der Waals surface area contributed by atoms with Crippen LogP contribution in [0, 0.1) is 5.82 Å². The molecule has 25 heavy (non-hydrogen) atoms. The van der Waals surface area contributed by atoms with E-state index in [2.05, 4.69) is 14.9 Å². The molecule has 0 amide bonds. The lowest BCUT2D eigenvalue weighted by atomic mass is 10.0. The molecule has 5 nitrogen and oxygen atoms in total. The van der Waals surface area contributed by atoms with Crippen molar-refractivity contribution < 1.29 is 17.9 Å². The van der Waals surface area contributed by atoms with Crippen molar-refractivity contribution in [3.63, 3.8) is 0 Å². The second-order valence-electron chi connectivity index (χ2n) is 5.81. The predicted octanol–water partition coefficient (Wildman–Crippen LogP) is 3.16. The maximum atomic E-state index is 13.6. The van der Waals surface area contributed by atoms with Crippen LogP contribution < -0.4 is 10.5 Å². The van der Waals surface area contributed by atoms with Gasteiger partial charge in [-0.2, -0.15) is 0 Å². The molecule has 1 aliphatic rings. The average molecular weight is 372 g/mol. The summed E-state index contributed by atoms with van der Waals surface area (Å²) >= 11 is 1.21. The molecular formula is C16H19F3N4OS. The third-order valence-corrected chi connectivity index (χ3v) is 5.25. The van der Waals surface area contributed by atoms with E-state index in [0.717, 1.165) is 6.20 Å². The van der Waals surface area contributed by atoms with Crippen LogP contribution in [0.1, 0.15) is 35.9 Å². The van der Waals surface area contributed by atoms with Gasteiger partial charge in [-0.25, -0.2) is 18.2 Å². The molecule has 1 saturated heterocycles. The number of rotatable bonds is 6. The standard InChI is InChI=1S/C16H19F3N4OS/c17-11-8-21-4-1-13(11)24-10-2-5-23(6-3-10)12(7-20)15-14(16(18)19)22-9-25-15/h1,4,8-10,12,16H,2-3,5-7,20H2. The fourth-order valence-corrected chi connectivity index (χ4v) is 3.99. The summed E-state index contributed by atoms with van der Waals surface area (Å²) in [4.78, 5) is 10.1. The Labute approximate surface area is 147 Å². The number of aromatic nitrogens is 2. The maximum absolute atomic E-state index is 13.6. The fourth-order valence-electron chi connectivity index (χ4n) is 3.04. The van der Waals surface area contributed by atoms with E-state index in [1.807, 2.05) is 0 Å². The van der Waals surface area contributed by atoms with E-state index in [0.29, 0.717) is 30.8 Å². The van der Waals surface area contributed by atoms with Crippen molar-refractivity contribution in [3.05, 3.63) is 40.4 Å². The number of hydrogen-bond acceptors (Lipinski definition) is 6. The van der Waals surface area contributed by atoms with Crippen LogP contribution in [0.4, 0.5) is 13.2 Å². The van der Waals surface area contributed by atoms with Crippen LogP contribution in [0.25, 0.3) is 0 Å². The van der Waals surface area contributed by atoms with E-state index in [9.17, 15) is 13.2 Å². The van der Waals surface area contributed by atoms with E-state index in [1.165, 1.54) is 29.1 Å². The summed E-state index contributed by atoms with van der Waals surface area (Å²) < 4.78 is 45.5. The van der Waals surface area contributed by atoms with E-state index >= 15 is 0 Å². The van der Waals surface area contributed by atoms with Crippen molar-refractivity contribution in [1.82, 2.24) is 14.9 Å². The molecule has 9 heteroatoms. The van der Waals surface area contributed by atoms with Gasteiger partial charge >= 0.3 is 0 Å². The van der Waals surface area contributed by atoms with Crippen molar-refractivity contribution in [2.24, 2.45) is 5.73 Å². The second kappa shape index (κ2) is 8.11. The third kappa shape index (κ3) is 4.10. The summed E-state index contributed by atoms with van der Waals surface area (Å²) in [6.45, 7) is 1.52. The van der Waals surface area contributed by atoms with Crippen LogP contribution in [-0.2, 0) is 0 Å². The first-order valence-corrected chi connectivity index (χ1v) is 8.89. The molecule has 1 unspecified atom stereocenters. The van der Waals surface area contributed by atoms with Gasteiger partial charge in [0.15, 0.2) is 11.6 Å². The van der Waals surface area contributed by atoms with Crippen molar-refractivity contribution in [3.8, 4) is 5.75 Å². The molecule has 2 aromatic rings. The molecule has 1 aliphatic heterocycles. The van der Waals surface area contributed by atoms with Crippen molar-refractivity contribution in [2.45, 2.75) is 31.4 Å². The Morgan fingerprint density at radius 3 is 2.76 bits per heavy atom. The quantitative estimate of drug-likeness (QED) is 0.844. The van der Waals surface area contributed by atoms with Crippen LogP contribution in [0.2, 0.25) is 0 Å². The van der Waals surface area contributed by atoms with Gasteiger partial charge in [-0.15, -0.1) is 11.3 Å². The summed E-state index contributed by atoms with van der Waals surface area (Å²) in [6, 6.07) is 1.21.